The Hall–Kier alpha value is -1.10. The number of benzene rings is 1. The molecule has 0 spiro atoms. The van der Waals surface area contributed by atoms with Gasteiger partial charge in [-0.25, -0.2) is 4.98 Å². The lowest BCUT2D eigenvalue weighted by atomic mass is 10.3. The molecule has 2 aromatic rings. The number of hydrogen-bond acceptors (Lipinski definition) is 3. The van der Waals surface area contributed by atoms with Crippen LogP contribution in [-0.4, -0.2) is 28.4 Å². The van der Waals surface area contributed by atoms with E-state index in [1.165, 1.54) is 0 Å². The molecule has 0 aliphatic heterocycles. The summed E-state index contributed by atoms with van der Waals surface area (Å²) in [6, 6.07) is 5.50. The quantitative estimate of drug-likeness (QED) is 0.911. The molecule has 0 saturated heterocycles. The van der Waals surface area contributed by atoms with Crippen molar-refractivity contribution >= 4 is 22.6 Å². The van der Waals surface area contributed by atoms with E-state index in [1.807, 2.05) is 16.7 Å². The first kappa shape index (κ1) is 12.4. The van der Waals surface area contributed by atoms with Gasteiger partial charge in [0, 0.05) is 18.7 Å². The molecular weight excluding hydrogens is 240 g/mol. The number of methoxy groups -OCH3 is 1. The molecule has 1 N–H and O–H groups in total. The summed E-state index contributed by atoms with van der Waals surface area (Å²) in [5.74, 6) is 0.638. The van der Waals surface area contributed by atoms with Crippen molar-refractivity contribution in [2.24, 2.45) is 0 Å². The van der Waals surface area contributed by atoms with Gasteiger partial charge < -0.3 is 14.4 Å². The van der Waals surface area contributed by atoms with Crippen LogP contribution in [0.15, 0.2) is 18.2 Å². The number of imidazole rings is 1. The van der Waals surface area contributed by atoms with E-state index >= 15 is 0 Å². The second-order valence-electron chi connectivity index (χ2n) is 3.92. The van der Waals surface area contributed by atoms with Gasteiger partial charge >= 0.3 is 0 Å². The van der Waals surface area contributed by atoms with Crippen molar-refractivity contribution in [2.45, 2.75) is 19.6 Å². The Kier molecular flexibility index (Phi) is 3.66. The van der Waals surface area contributed by atoms with E-state index in [1.54, 1.807) is 20.1 Å². The molecule has 1 heterocycles. The van der Waals surface area contributed by atoms with Gasteiger partial charge in [-0.2, -0.15) is 0 Å². The number of halogens is 1. The SMILES string of the molecule is COCCn1c([C@H](C)O)nc2ccc(Cl)cc21. The van der Waals surface area contributed by atoms with Gasteiger partial charge in [-0.15, -0.1) is 0 Å². The summed E-state index contributed by atoms with van der Waals surface area (Å²) in [6.45, 7) is 2.91. The maximum absolute atomic E-state index is 9.72. The van der Waals surface area contributed by atoms with Crippen molar-refractivity contribution in [3.63, 3.8) is 0 Å². The van der Waals surface area contributed by atoms with Crippen LogP contribution in [0.1, 0.15) is 18.9 Å². The zero-order chi connectivity index (χ0) is 12.4. The molecule has 1 atom stereocenters. The number of rotatable bonds is 4. The third-order valence-electron chi connectivity index (χ3n) is 2.63. The molecule has 0 radical (unpaired) electrons. The Morgan fingerprint density at radius 3 is 2.94 bits per heavy atom. The topological polar surface area (TPSA) is 47.3 Å². The van der Waals surface area contributed by atoms with Crippen molar-refractivity contribution in [3.8, 4) is 0 Å². The average molecular weight is 255 g/mol. The van der Waals surface area contributed by atoms with E-state index < -0.39 is 6.10 Å². The standard InChI is InChI=1S/C12H15ClN2O2/c1-8(16)12-14-10-4-3-9(13)7-11(10)15(12)5-6-17-2/h3-4,7-8,16H,5-6H2,1-2H3/t8-/m0/s1. The van der Waals surface area contributed by atoms with Crippen LogP contribution >= 0.6 is 11.6 Å². The zero-order valence-corrected chi connectivity index (χ0v) is 10.6. The van der Waals surface area contributed by atoms with Crippen molar-refractivity contribution in [3.05, 3.63) is 29.0 Å². The van der Waals surface area contributed by atoms with Crippen LogP contribution in [0.2, 0.25) is 5.02 Å². The molecule has 0 unspecified atom stereocenters. The monoisotopic (exact) mass is 254 g/mol. The van der Waals surface area contributed by atoms with Crippen LogP contribution in [0.4, 0.5) is 0 Å². The molecule has 92 valence electrons. The van der Waals surface area contributed by atoms with Gasteiger partial charge in [0.25, 0.3) is 0 Å². The van der Waals surface area contributed by atoms with Gasteiger partial charge in [-0.3, -0.25) is 0 Å². The van der Waals surface area contributed by atoms with Crippen molar-refractivity contribution < 1.29 is 9.84 Å². The molecule has 0 fully saturated rings. The summed E-state index contributed by atoms with van der Waals surface area (Å²) in [5.41, 5.74) is 1.76. The molecule has 1 aromatic carbocycles. The van der Waals surface area contributed by atoms with Crippen LogP contribution < -0.4 is 0 Å². The van der Waals surface area contributed by atoms with Gasteiger partial charge in [0.05, 0.1) is 17.6 Å². The summed E-state index contributed by atoms with van der Waals surface area (Å²) < 4.78 is 7.01. The molecule has 0 saturated carbocycles. The number of hydrogen-bond donors (Lipinski definition) is 1. The molecule has 0 amide bonds. The third-order valence-corrected chi connectivity index (χ3v) is 2.87. The van der Waals surface area contributed by atoms with Gasteiger partial charge in [0.1, 0.15) is 11.9 Å². The van der Waals surface area contributed by atoms with Gasteiger partial charge in [0.15, 0.2) is 0 Å². The van der Waals surface area contributed by atoms with Crippen molar-refractivity contribution in [1.29, 1.82) is 0 Å². The fourth-order valence-corrected chi connectivity index (χ4v) is 2.02. The molecule has 0 aliphatic rings. The molecule has 0 aliphatic carbocycles. The lowest BCUT2D eigenvalue weighted by molar-refractivity contribution is 0.167. The second-order valence-corrected chi connectivity index (χ2v) is 4.36. The first-order chi connectivity index (χ1) is 8.13. The highest BCUT2D eigenvalue weighted by atomic mass is 35.5. The van der Waals surface area contributed by atoms with Crippen LogP contribution in [0.5, 0.6) is 0 Å². The molecule has 1 aromatic heterocycles. The molecule has 0 bridgehead atoms. The normalized spacial score (nSPS) is 13.2. The number of aliphatic hydroxyl groups excluding tert-OH is 1. The van der Waals surface area contributed by atoms with Crippen molar-refractivity contribution in [1.82, 2.24) is 9.55 Å². The molecule has 17 heavy (non-hydrogen) atoms. The maximum atomic E-state index is 9.72. The zero-order valence-electron chi connectivity index (χ0n) is 9.85. The summed E-state index contributed by atoms with van der Waals surface area (Å²) >= 11 is 5.98. The smallest absolute Gasteiger partial charge is 0.138 e. The lowest BCUT2D eigenvalue weighted by Gasteiger charge is -2.10. The summed E-state index contributed by atoms with van der Waals surface area (Å²) in [6.07, 6.45) is -0.613. The third kappa shape index (κ3) is 2.44. The highest BCUT2D eigenvalue weighted by Gasteiger charge is 2.14. The Balaban J connectivity index is 2.56. The number of fused-ring (bicyclic) bond motifs is 1. The second kappa shape index (κ2) is 5.04. The summed E-state index contributed by atoms with van der Waals surface area (Å²) in [4.78, 5) is 4.40. The first-order valence-corrected chi connectivity index (χ1v) is 5.84. The van der Waals surface area contributed by atoms with E-state index in [0.717, 1.165) is 11.0 Å². The van der Waals surface area contributed by atoms with E-state index in [4.69, 9.17) is 16.3 Å². The number of nitrogens with zero attached hydrogens (tertiary/aromatic N) is 2. The maximum Gasteiger partial charge on any atom is 0.138 e. The minimum atomic E-state index is -0.613. The van der Waals surface area contributed by atoms with Crippen LogP contribution in [0.25, 0.3) is 11.0 Å². The predicted molar refractivity (Wildman–Crippen MR) is 67.3 cm³/mol. The minimum absolute atomic E-state index is 0.567. The van der Waals surface area contributed by atoms with Crippen LogP contribution in [0, 0.1) is 0 Å². The lowest BCUT2D eigenvalue weighted by Crippen LogP contribution is -2.10. The van der Waals surface area contributed by atoms with E-state index in [2.05, 4.69) is 4.98 Å². The average Bonchev–Trinajstić information content (AvgIpc) is 2.64. The van der Waals surface area contributed by atoms with E-state index in [0.29, 0.717) is 24.0 Å². The Bertz CT molecular complexity index is 522. The Labute approximate surface area is 105 Å². The molecular formula is C12H15ClN2O2. The first-order valence-electron chi connectivity index (χ1n) is 5.46. The molecule has 5 heteroatoms. The largest absolute Gasteiger partial charge is 0.385 e. The van der Waals surface area contributed by atoms with Crippen LogP contribution in [0.3, 0.4) is 0 Å². The fraction of sp³-hybridized carbons (Fsp3) is 0.417. The molecule has 4 nitrogen and oxygen atoms in total. The predicted octanol–water partition coefficient (Wildman–Crippen LogP) is 2.39. The minimum Gasteiger partial charge on any atom is -0.385 e. The van der Waals surface area contributed by atoms with Crippen molar-refractivity contribution in [2.75, 3.05) is 13.7 Å². The van der Waals surface area contributed by atoms with Gasteiger partial charge in [-0.05, 0) is 25.1 Å². The Morgan fingerprint density at radius 1 is 1.53 bits per heavy atom. The Morgan fingerprint density at radius 2 is 2.29 bits per heavy atom. The number of aromatic nitrogens is 2. The van der Waals surface area contributed by atoms with E-state index in [-0.39, 0.29) is 0 Å². The molecule has 2 rings (SSSR count). The summed E-state index contributed by atoms with van der Waals surface area (Å²) in [5, 5.41) is 10.4. The number of aliphatic hydroxyl groups is 1. The number of ether oxygens (including phenoxy) is 1. The van der Waals surface area contributed by atoms with E-state index in [9.17, 15) is 5.11 Å². The van der Waals surface area contributed by atoms with Gasteiger partial charge in [0.2, 0.25) is 0 Å². The van der Waals surface area contributed by atoms with Crippen LogP contribution in [-0.2, 0) is 11.3 Å². The summed E-state index contributed by atoms with van der Waals surface area (Å²) in [7, 11) is 1.65. The fourth-order valence-electron chi connectivity index (χ4n) is 1.85. The highest BCUT2D eigenvalue weighted by molar-refractivity contribution is 6.31. The van der Waals surface area contributed by atoms with Gasteiger partial charge in [-0.1, -0.05) is 11.6 Å². The highest BCUT2D eigenvalue weighted by Crippen LogP contribution is 2.23.